The number of nitro benzene ring substituents is 2. The van der Waals surface area contributed by atoms with Gasteiger partial charge in [0, 0.05) is 12.1 Å². The number of phenols is 1. The molecule has 0 aliphatic heterocycles. The van der Waals surface area contributed by atoms with Crippen molar-refractivity contribution < 1.29 is 19.7 Å². The van der Waals surface area contributed by atoms with Crippen molar-refractivity contribution in [3.8, 4) is 5.75 Å². The van der Waals surface area contributed by atoms with Crippen LogP contribution >= 0.6 is 0 Å². The minimum Gasteiger partial charge on any atom is -0.501 e. The van der Waals surface area contributed by atoms with Crippen LogP contribution in [0.25, 0.3) is 0 Å². The summed E-state index contributed by atoms with van der Waals surface area (Å²) in [6, 6.07) is 1.56. The molecule has 1 rings (SSSR count). The van der Waals surface area contributed by atoms with Crippen LogP contribution < -0.4 is 0 Å². The number of rotatable bonds is 3. The Bertz CT molecular complexity index is 455. The molecule has 15 heavy (non-hydrogen) atoms. The molecule has 8 nitrogen and oxygen atoms in total. The summed E-state index contributed by atoms with van der Waals surface area (Å²) in [5, 5.41) is 29.9. The number of benzene rings is 1. The van der Waals surface area contributed by atoms with Gasteiger partial charge in [-0.05, 0) is 0 Å². The van der Waals surface area contributed by atoms with Crippen molar-refractivity contribution >= 4 is 17.7 Å². The van der Waals surface area contributed by atoms with Crippen LogP contribution in [0.2, 0.25) is 0 Å². The molecule has 0 atom stereocenters. The van der Waals surface area contributed by atoms with Gasteiger partial charge in [0.1, 0.15) is 5.56 Å². The third-order valence-electron chi connectivity index (χ3n) is 1.68. The second-order valence-electron chi connectivity index (χ2n) is 2.50. The number of aromatic hydroxyl groups is 1. The van der Waals surface area contributed by atoms with Gasteiger partial charge >= 0.3 is 5.69 Å². The van der Waals surface area contributed by atoms with Crippen LogP contribution in [0, 0.1) is 20.2 Å². The number of nitrogens with zero attached hydrogens (tertiary/aromatic N) is 2. The van der Waals surface area contributed by atoms with Crippen LogP contribution in [0.5, 0.6) is 5.75 Å². The van der Waals surface area contributed by atoms with Gasteiger partial charge in [-0.1, -0.05) is 0 Å². The standard InChI is InChI=1S/C7H4N2O6/c10-3-4-5(8(12)13)1-2-6(7(4)11)9(14)15/h1-3,11H. The van der Waals surface area contributed by atoms with E-state index >= 15 is 0 Å². The maximum atomic E-state index is 10.4. The predicted octanol–water partition coefficient (Wildman–Crippen LogP) is 1.02. The first-order valence-electron chi connectivity index (χ1n) is 3.59. The third kappa shape index (κ3) is 1.73. The van der Waals surface area contributed by atoms with Crippen LogP contribution in [-0.4, -0.2) is 21.2 Å². The molecule has 78 valence electrons. The summed E-state index contributed by atoms with van der Waals surface area (Å²) < 4.78 is 0. The SMILES string of the molecule is O=Cc1c([N+](=O)[O-])ccc([N+](=O)[O-])c1O. The van der Waals surface area contributed by atoms with Gasteiger partial charge in [0.15, 0.2) is 6.29 Å². The number of hydrogen-bond donors (Lipinski definition) is 1. The molecule has 0 saturated carbocycles. The first-order chi connectivity index (χ1) is 6.99. The molecule has 1 aromatic carbocycles. The van der Waals surface area contributed by atoms with Crippen LogP contribution in [0.1, 0.15) is 10.4 Å². The van der Waals surface area contributed by atoms with Gasteiger partial charge in [-0.25, -0.2) is 0 Å². The summed E-state index contributed by atoms with van der Waals surface area (Å²) in [4.78, 5) is 29.3. The second-order valence-corrected chi connectivity index (χ2v) is 2.50. The molecule has 0 heterocycles. The average Bonchev–Trinajstić information content (AvgIpc) is 2.16. The molecule has 0 unspecified atom stereocenters. The fraction of sp³-hybridized carbons (Fsp3) is 0. The highest BCUT2D eigenvalue weighted by atomic mass is 16.6. The molecule has 0 radical (unpaired) electrons. The summed E-state index contributed by atoms with van der Waals surface area (Å²) in [7, 11) is 0. The third-order valence-corrected chi connectivity index (χ3v) is 1.68. The number of phenolic OH excluding ortho intramolecular Hbond substituents is 1. The molecule has 1 aromatic rings. The van der Waals surface area contributed by atoms with Crippen molar-refractivity contribution in [2.75, 3.05) is 0 Å². The molecule has 0 amide bonds. The van der Waals surface area contributed by atoms with Crippen molar-refractivity contribution in [2.45, 2.75) is 0 Å². The van der Waals surface area contributed by atoms with Crippen LogP contribution in [0.15, 0.2) is 12.1 Å². The predicted molar refractivity (Wildman–Crippen MR) is 46.8 cm³/mol. The monoisotopic (exact) mass is 212 g/mol. The lowest BCUT2D eigenvalue weighted by Gasteiger charge is -1.99. The van der Waals surface area contributed by atoms with Crippen molar-refractivity contribution in [3.63, 3.8) is 0 Å². The minimum atomic E-state index is -0.996. The smallest absolute Gasteiger partial charge is 0.311 e. The first kappa shape index (κ1) is 10.6. The Morgan fingerprint density at radius 2 is 1.60 bits per heavy atom. The Kier molecular flexibility index (Phi) is 2.61. The zero-order valence-corrected chi connectivity index (χ0v) is 7.11. The highest BCUT2D eigenvalue weighted by molar-refractivity contribution is 5.87. The zero-order chi connectivity index (χ0) is 11.6. The number of hydrogen-bond acceptors (Lipinski definition) is 6. The van der Waals surface area contributed by atoms with E-state index in [1.165, 1.54) is 0 Å². The highest BCUT2D eigenvalue weighted by Gasteiger charge is 2.25. The summed E-state index contributed by atoms with van der Waals surface area (Å²) in [6.07, 6.45) is 0.000463. The molecular weight excluding hydrogens is 208 g/mol. The van der Waals surface area contributed by atoms with E-state index < -0.39 is 32.5 Å². The summed E-state index contributed by atoms with van der Waals surface area (Å²) >= 11 is 0. The van der Waals surface area contributed by atoms with Crippen LogP contribution in [-0.2, 0) is 0 Å². The normalized spacial score (nSPS) is 9.60. The van der Waals surface area contributed by atoms with Gasteiger partial charge in [0.25, 0.3) is 5.69 Å². The lowest BCUT2D eigenvalue weighted by Crippen LogP contribution is -1.97. The summed E-state index contributed by atoms with van der Waals surface area (Å²) in [5.74, 6) is -0.996. The number of aldehydes is 1. The number of carbonyl (C=O) groups excluding carboxylic acids is 1. The minimum absolute atomic E-state index is 0.000463. The average molecular weight is 212 g/mol. The van der Waals surface area contributed by atoms with Gasteiger partial charge < -0.3 is 5.11 Å². The highest BCUT2D eigenvalue weighted by Crippen LogP contribution is 2.34. The first-order valence-corrected chi connectivity index (χ1v) is 3.59. The molecule has 0 bridgehead atoms. The largest absolute Gasteiger partial charge is 0.501 e. The van der Waals surface area contributed by atoms with E-state index in [0.717, 1.165) is 12.1 Å². The van der Waals surface area contributed by atoms with Crippen LogP contribution in [0.3, 0.4) is 0 Å². The molecule has 8 heteroatoms. The maximum absolute atomic E-state index is 10.4. The second kappa shape index (κ2) is 3.70. The van der Waals surface area contributed by atoms with E-state index in [0.29, 0.717) is 0 Å². The Hall–Kier alpha value is -2.51. The van der Waals surface area contributed by atoms with Gasteiger partial charge in [0.2, 0.25) is 5.75 Å². The molecule has 0 aromatic heterocycles. The van der Waals surface area contributed by atoms with E-state index in [-0.39, 0.29) is 6.29 Å². The van der Waals surface area contributed by atoms with Gasteiger partial charge in [-0.15, -0.1) is 0 Å². The molecular formula is C7H4N2O6. The molecule has 0 aliphatic rings. The lowest BCUT2D eigenvalue weighted by molar-refractivity contribution is -0.390. The van der Waals surface area contributed by atoms with Gasteiger partial charge in [-0.3, -0.25) is 25.0 Å². The lowest BCUT2D eigenvalue weighted by atomic mass is 10.1. The van der Waals surface area contributed by atoms with Crippen LogP contribution in [0.4, 0.5) is 11.4 Å². The van der Waals surface area contributed by atoms with Crippen molar-refractivity contribution in [3.05, 3.63) is 37.9 Å². The Morgan fingerprint density at radius 3 is 2.00 bits per heavy atom. The Labute approximate surface area is 82.1 Å². The molecule has 0 fully saturated rings. The number of nitro groups is 2. The quantitative estimate of drug-likeness (QED) is 0.453. The van der Waals surface area contributed by atoms with E-state index in [1.54, 1.807) is 0 Å². The molecule has 0 aliphatic carbocycles. The number of carbonyl (C=O) groups is 1. The Morgan fingerprint density at radius 1 is 1.13 bits per heavy atom. The fourth-order valence-corrected chi connectivity index (χ4v) is 1.01. The maximum Gasteiger partial charge on any atom is 0.311 e. The topological polar surface area (TPSA) is 124 Å². The molecule has 0 spiro atoms. The fourth-order valence-electron chi connectivity index (χ4n) is 1.01. The Balaban J connectivity index is 3.52. The van der Waals surface area contributed by atoms with E-state index in [2.05, 4.69) is 0 Å². The van der Waals surface area contributed by atoms with Gasteiger partial charge in [0.05, 0.1) is 9.85 Å². The van der Waals surface area contributed by atoms with Crippen molar-refractivity contribution in [1.82, 2.24) is 0 Å². The van der Waals surface area contributed by atoms with Crippen molar-refractivity contribution in [1.29, 1.82) is 0 Å². The molecule has 1 N–H and O–H groups in total. The van der Waals surface area contributed by atoms with Gasteiger partial charge in [-0.2, -0.15) is 0 Å². The zero-order valence-electron chi connectivity index (χ0n) is 7.11. The summed E-state index contributed by atoms with van der Waals surface area (Å²) in [5.41, 5.74) is -2.12. The summed E-state index contributed by atoms with van der Waals surface area (Å²) in [6.45, 7) is 0. The van der Waals surface area contributed by atoms with E-state index in [4.69, 9.17) is 0 Å². The van der Waals surface area contributed by atoms with E-state index in [9.17, 15) is 30.1 Å². The van der Waals surface area contributed by atoms with E-state index in [1.807, 2.05) is 0 Å². The molecule has 0 saturated heterocycles. The van der Waals surface area contributed by atoms with Crippen molar-refractivity contribution in [2.24, 2.45) is 0 Å².